The SMILES string of the molecule is Clc1cc(CCBr)cc(Cl)c1Cl. The van der Waals surface area contributed by atoms with Gasteiger partial charge in [0.2, 0.25) is 0 Å². The minimum absolute atomic E-state index is 0.427. The molecule has 0 saturated heterocycles. The van der Waals surface area contributed by atoms with Crippen molar-refractivity contribution in [3.05, 3.63) is 32.8 Å². The van der Waals surface area contributed by atoms with Crippen LogP contribution in [0.5, 0.6) is 0 Å². The summed E-state index contributed by atoms with van der Waals surface area (Å²) in [5, 5.41) is 2.35. The van der Waals surface area contributed by atoms with Gasteiger partial charge < -0.3 is 0 Å². The first-order valence-electron chi connectivity index (χ1n) is 3.34. The quantitative estimate of drug-likeness (QED) is 0.552. The molecule has 0 aromatic heterocycles. The molecule has 0 fully saturated rings. The van der Waals surface area contributed by atoms with Gasteiger partial charge in [0.05, 0.1) is 15.1 Å². The van der Waals surface area contributed by atoms with Crippen LogP contribution in [0.3, 0.4) is 0 Å². The maximum atomic E-state index is 5.82. The van der Waals surface area contributed by atoms with Crippen LogP contribution in [-0.4, -0.2) is 5.33 Å². The van der Waals surface area contributed by atoms with Gasteiger partial charge in [0.15, 0.2) is 0 Å². The Morgan fingerprint density at radius 1 is 1.08 bits per heavy atom. The van der Waals surface area contributed by atoms with E-state index < -0.39 is 0 Å². The number of aryl methyl sites for hydroxylation is 1. The third kappa shape index (κ3) is 2.53. The molecule has 0 saturated carbocycles. The Morgan fingerprint density at radius 3 is 2.00 bits per heavy atom. The van der Waals surface area contributed by atoms with E-state index in [-0.39, 0.29) is 0 Å². The lowest BCUT2D eigenvalue weighted by molar-refractivity contribution is 1.17. The topological polar surface area (TPSA) is 0 Å². The predicted molar refractivity (Wildman–Crippen MR) is 59.0 cm³/mol. The summed E-state index contributed by atoms with van der Waals surface area (Å²) >= 11 is 20.8. The van der Waals surface area contributed by atoms with Crippen LogP contribution in [0.1, 0.15) is 5.56 Å². The van der Waals surface area contributed by atoms with Crippen LogP contribution in [-0.2, 0) is 6.42 Å². The molecule has 0 N–H and O–H groups in total. The maximum absolute atomic E-state index is 5.82. The minimum atomic E-state index is 0.427. The van der Waals surface area contributed by atoms with Gasteiger partial charge in [-0.05, 0) is 24.1 Å². The third-order valence-corrected chi connectivity index (χ3v) is 3.02. The smallest absolute Gasteiger partial charge is 0.0778 e. The molecule has 66 valence electrons. The van der Waals surface area contributed by atoms with Crippen molar-refractivity contribution in [3.8, 4) is 0 Å². The van der Waals surface area contributed by atoms with Gasteiger partial charge in [0.25, 0.3) is 0 Å². The summed E-state index contributed by atoms with van der Waals surface area (Å²) in [7, 11) is 0. The van der Waals surface area contributed by atoms with E-state index >= 15 is 0 Å². The van der Waals surface area contributed by atoms with Gasteiger partial charge in [-0.3, -0.25) is 0 Å². The number of alkyl halides is 1. The molecule has 0 nitrogen and oxygen atoms in total. The fourth-order valence-electron chi connectivity index (χ4n) is 0.861. The van der Waals surface area contributed by atoms with Gasteiger partial charge in [-0.1, -0.05) is 50.7 Å². The molecule has 0 atom stereocenters. The van der Waals surface area contributed by atoms with E-state index in [1.807, 2.05) is 12.1 Å². The highest BCUT2D eigenvalue weighted by molar-refractivity contribution is 9.09. The fraction of sp³-hybridized carbons (Fsp3) is 0.250. The van der Waals surface area contributed by atoms with Crippen LogP contribution >= 0.6 is 50.7 Å². The monoisotopic (exact) mass is 286 g/mol. The Labute approximate surface area is 94.9 Å². The van der Waals surface area contributed by atoms with Crippen LogP contribution in [0, 0.1) is 0 Å². The molecule has 1 rings (SSSR count). The van der Waals surface area contributed by atoms with Crippen LogP contribution in [0.15, 0.2) is 12.1 Å². The van der Waals surface area contributed by atoms with Crippen molar-refractivity contribution in [2.45, 2.75) is 6.42 Å². The summed E-state index contributed by atoms with van der Waals surface area (Å²) in [4.78, 5) is 0. The zero-order valence-electron chi connectivity index (χ0n) is 6.08. The highest BCUT2D eigenvalue weighted by atomic mass is 79.9. The van der Waals surface area contributed by atoms with Crippen LogP contribution in [0.4, 0.5) is 0 Å². The molecule has 4 heteroatoms. The van der Waals surface area contributed by atoms with Crippen molar-refractivity contribution in [3.63, 3.8) is 0 Å². The van der Waals surface area contributed by atoms with E-state index in [2.05, 4.69) is 15.9 Å². The second-order valence-electron chi connectivity index (χ2n) is 2.31. The molecular weight excluding hydrogens is 282 g/mol. The van der Waals surface area contributed by atoms with E-state index in [9.17, 15) is 0 Å². The van der Waals surface area contributed by atoms with Crippen molar-refractivity contribution in [2.75, 3.05) is 5.33 Å². The maximum Gasteiger partial charge on any atom is 0.0778 e. The summed E-state index contributed by atoms with van der Waals surface area (Å²) in [6, 6.07) is 3.66. The molecule has 12 heavy (non-hydrogen) atoms. The van der Waals surface area contributed by atoms with Gasteiger partial charge in [0, 0.05) is 5.33 Å². The van der Waals surface area contributed by atoms with Gasteiger partial charge in [-0.2, -0.15) is 0 Å². The lowest BCUT2D eigenvalue weighted by atomic mass is 10.2. The Bertz CT molecular complexity index is 263. The molecule has 0 aliphatic carbocycles. The number of hydrogen-bond acceptors (Lipinski definition) is 0. The number of benzene rings is 1. The Hall–Kier alpha value is 0.570. The molecule has 0 radical (unpaired) electrons. The van der Waals surface area contributed by atoms with E-state index in [0.29, 0.717) is 15.1 Å². The van der Waals surface area contributed by atoms with Crippen molar-refractivity contribution in [1.29, 1.82) is 0 Å². The first-order chi connectivity index (χ1) is 5.65. The molecule has 0 bridgehead atoms. The van der Waals surface area contributed by atoms with Crippen molar-refractivity contribution >= 4 is 50.7 Å². The summed E-state index contributed by atoms with van der Waals surface area (Å²) in [6.45, 7) is 0. The summed E-state index contributed by atoms with van der Waals surface area (Å²) in [6.07, 6.45) is 0.899. The average molecular weight is 288 g/mol. The number of rotatable bonds is 2. The molecule has 0 spiro atoms. The summed E-state index contributed by atoms with van der Waals surface area (Å²) in [5.74, 6) is 0. The van der Waals surface area contributed by atoms with Crippen molar-refractivity contribution in [1.82, 2.24) is 0 Å². The zero-order chi connectivity index (χ0) is 9.14. The van der Waals surface area contributed by atoms with Crippen LogP contribution in [0.25, 0.3) is 0 Å². The fourth-order valence-corrected chi connectivity index (χ4v) is 1.96. The lowest BCUT2D eigenvalue weighted by Crippen LogP contribution is -1.86. The first-order valence-corrected chi connectivity index (χ1v) is 5.60. The second-order valence-corrected chi connectivity index (χ2v) is 4.30. The van der Waals surface area contributed by atoms with Gasteiger partial charge in [-0.15, -0.1) is 0 Å². The average Bonchev–Trinajstić information content (AvgIpc) is 2.01. The summed E-state index contributed by atoms with van der Waals surface area (Å²) < 4.78 is 0. The Balaban J connectivity index is 3.04. The number of halogens is 4. The van der Waals surface area contributed by atoms with Crippen LogP contribution < -0.4 is 0 Å². The van der Waals surface area contributed by atoms with E-state index in [1.54, 1.807) is 0 Å². The zero-order valence-corrected chi connectivity index (χ0v) is 9.93. The molecule has 0 heterocycles. The van der Waals surface area contributed by atoms with Gasteiger partial charge in [-0.25, -0.2) is 0 Å². The van der Waals surface area contributed by atoms with Gasteiger partial charge in [0.1, 0.15) is 0 Å². The predicted octanol–water partition coefficient (Wildman–Crippen LogP) is 4.58. The van der Waals surface area contributed by atoms with Crippen molar-refractivity contribution in [2.24, 2.45) is 0 Å². The molecule has 0 amide bonds. The second kappa shape index (κ2) is 4.71. The third-order valence-electron chi connectivity index (χ3n) is 1.43. The molecule has 0 aliphatic rings. The first kappa shape index (κ1) is 10.6. The Morgan fingerprint density at radius 2 is 1.58 bits per heavy atom. The highest BCUT2D eigenvalue weighted by Gasteiger charge is 2.04. The van der Waals surface area contributed by atoms with Crippen LogP contribution in [0.2, 0.25) is 15.1 Å². The molecule has 1 aromatic carbocycles. The highest BCUT2D eigenvalue weighted by Crippen LogP contribution is 2.31. The Kier molecular flexibility index (Phi) is 4.18. The molecular formula is C8H6BrCl3. The normalized spacial score (nSPS) is 10.3. The standard InChI is InChI=1S/C8H6BrCl3/c9-2-1-5-3-6(10)8(12)7(11)4-5/h3-4H,1-2H2. The minimum Gasteiger partial charge on any atom is -0.0924 e. The molecule has 0 unspecified atom stereocenters. The number of hydrogen-bond donors (Lipinski definition) is 0. The lowest BCUT2D eigenvalue weighted by Gasteiger charge is -2.02. The van der Waals surface area contributed by atoms with E-state index in [1.165, 1.54) is 0 Å². The largest absolute Gasteiger partial charge is 0.0924 e. The van der Waals surface area contributed by atoms with Gasteiger partial charge >= 0.3 is 0 Å². The molecule has 1 aromatic rings. The van der Waals surface area contributed by atoms with E-state index in [0.717, 1.165) is 17.3 Å². The van der Waals surface area contributed by atoms with E-state index in [4.69, 9.17) is 34.8 Å². The molecule has 0 aliphatic heterocycles. The summed E-state index contributed by atoms with van der Waals surface area (Å²) in [5.41, 5.74) is 1.09. The van der Waals surface area contributed by atoms with Crippen molar-refractivity contribution < 1.29 is 0 Å².